The van der Waals surface area contributed by atoms with E-state index in [1.54, 1.807) is 0 Å². The summed E-state index contributed by atoms with van der Waals surface area (Å²) in [6, 6.07) is -0.664. The van der Waals surface area contributed by atoms with E-state index in [0.717, 1.165) is 13.1 Å². The Morgan fingerprint density at radius 3 is 3.09 bits per heavy atom. The summed E-state index contributed by atoms with van der Waals surface area (Å²) in [7, 11) is 0. The molecular formula is C6H11N3O2. The standard InChI is InChI=1S/C6H11N3O2/c1-4(5(10)11)9-6-7-2-3-8-6/h4H,2-3H2,1H3,(H,10,11)(H2,7,8,9)/t4-/m0/s1. The lowest BCUT2D eigenvalue weighted by atomic mass is 10.3. The molecule has 0 aliphatic carbocycles. The normalized spacial score (nSPS) is 18.5. The second kappa shape index (κ2) is 3.23. The molecule has 0 aromatic heterocycles. The van der Waals surface area contributed by atoms with E-state index in [9.17, 15) is 9.90 Å². The van der Waals surface area contributed by atoms with Crippen LogP contribution in [-0.4, -0.2) is 31.1 Å². The van der Waals surface area contributed by atoms with Crippen molar-refractivity contribution in [2.24, 2.45) is 0 Å². The molecule has 0 saturated heterocycles. The van der Waals surface area contributed by atoms with E-state index in [0.29, 0.717) is 5.96 Å². The molecule has 0 unspecified atom stereocenters. The Balaban J connectivity index is 2.35. The van der Waals surface area contributed by atoms with Gasteiger partial charge < -0.3 is 9.90 Å². The monoisotopic (exact) mass is 157 g/mol. The second-order valence-electron chi connectivity index (χ2n) is 2.41. The molecule has 1 aliphatic heterocycles. The zero-order chi connectivity index (χ0) is 8.27. The van der Waals surface area contributed by atoms with Crippen molar-refractivity contribution >= 4 is 11.9 Å². The third-order valence-electron chi connectivity index (χ3n) is 1.44. The Morgan fingerprint density at radius 2 is 2.64 bits per heavy atom. The molecule has 1 rings (SSSR count). The Morgan fingerprint density at radius 1 is 1.91 bits per heavy atom. The first-order chi connectivity index (χ1) is 5.20. The van der Waals surface area contributed by atoms with Gasteiger partial charge in [0.15, 0.2) is 0 Å². The quantitative estimate of drug-likeness (QED) is 0.379. The van der Waals surface area contributed by atoms with Crippen molar-refractivity contribution in [2.75, 3.05) is 13.1 Å². The molecule has 0 aromatic carbocycles. The van der Waals surface area contributed by atoms with Gasteiger partial charge in [0.1, 0.15) is 6.04 Å². The molecule has 62 valence electrons. The molecule has 0 spiro atoms. The van der Waals surface area contributed by atoms with Crippen molar-refractivity contribution in [3.63, 3.8) is 0 Å². The van der Waals surface area contributed by atoms with Gasteiger partial charge in [-0.3, -0.25) is 15.6 Å². The molecule has 0 bridgehead atoms. The summed E-state index contributed by atoms with van der Waals surface area (Å²) in [5.74, 6) is -0.435. The predicted molar refractivity (Wildman–Crippen MR) is 36.4 cm³/mol. The van der Waals surface area contributed by atoms with Crippen LogP contribution < -0.4 is 20.7 Å². The predicted octanol–water partition coefficient (Wildman–Crippen LogP) is -4.25. The highest BCUT2D eigenvalue weighted by Crippen LogP contribution is 1.75. The Kier molecular flexibility index (Phi) is 2.30. The van der Waals surface area contributed by atoms with Crippen molar-refractivity contribution < 1.29 is 14.9 Å². The number of carbonyl (C=O) groups excluding carboxylic acids is 1. The minimum Gasteiger partial charge on any atom is -0.546 e. The van der Waals surface area contributed by atoms with E-state index in [1.807, 2.05) is 0 Å². The van der Waals surface area contributed by atoms with Crippen LogP contribution in [0.2, 0.25) is 0 Å². The molecule has 1 atom stereocenters. The maximum atomic E-state index is 10.2. The van der Waals surface area contributed by atoms with Gasteiger partial charge in [-0.2, -0.15) is 0 Å². The van der Waals surface area contributed by atoms with E-state index in [-0.39, 0.29) is 0 Å². The van der Waals surface area contributed by atoms with E-state index in [2.05, 4.69) is 15.6 Å². The third-order valence-corrected chi connectivity index (χ3v) is 1.44. The van der Waals surface area contributed by atoms with Crippen LogP contribution in [0.4, 0.5) is 0 Å². The van der Waals surface area contributed by atoms with Crippen LogP contribution in [0.25, 0.3) is 0 Å². The summed E-state index contributed by atoms with van der Waals surface area (Å²) in [6.07, 6.45) is 0. The number of carbonyl (C=O) groups is 1. The molecule has 1 aliphatic rings. The molecule has 0 fully saturated rings. The topological polar surface area (TPSA) is 78.2 Å². The van der Waals surface area contributed by atoms with Gasteiger partial charge in [0.2, 0.25) is 0 Å². The fourth-order valence-electron chi connectivity index (χ4n) is 0.815. The van der Waals surface area contributed by atoms with Gasteiger partial charge >= 0.3 is 5.96 Å². The first kappa shape index (κ1) is 7.84. The molecule has 0 saturated carbocycles. The lowest BCUT2D eigenvalue weighted by Gasteiger charge is -2.09. The van der Waals surface area contributed by atoms with Crippen molar-refractivity contribution in [3.05, 3.63) is 0 Å². The van der Waals surface area contributed by atoms with E-state index in [4.69, 9.17) is 0 Å². The maximum absolute atomic E-state index is 10.2. The summed E-state index contributed by atoms with van der Waals surface area (Å²) in [5, 5.41) is 15.9. The highest BCUT2D eigenvalue weighted by Gasteiger charge is 2.14. The van der Waals surface area contributed by atoms with Gasteiger partial charge in [0.25, 0.3) is 0 Å². The first-order valence-electron chi connectivity index (χ1n) is 3.52. The van der Waals surface area contributed by atoms with E-state index >= 15 is 0 Å². The second-order valence-corrected chi connectivity index (χ2v) is 2.41. The molecule has 0 radical (unpaired) electrons. The van der Waals surface area contributed by atoms with Crippen molar-refractivity contribution in [3.8, 4) is 0 Å². The summed E-state index contributed by atoms with van der Waals surface area (Å²) >= 11 is 0. The van der Waals surface area contributed by atoms with Crippen molar-refractivity contribution in [1.82, 2.24) is 10.6 Å². The van der Waals surface area contributed by atoms with Gasteiger partial charge in [-0.05, 0) is 6.92 Å². The van der Waals surface area contributed by atoms with Gasteiger partial charge in [0.05, 0.1) is 19.1 Å². The molecule has 0 aromatic rings. The number of carboxylic acid groups (broad SMARTS) is 1. The SMILES string of the molecule is C[C@H](NC1=[NH+]CCN1)C(=O)[O-]. The minimum atomic E-state index is -1.10. The van der Waals surface area contributed by atoms with Gasteiger partial charge in [0, 0.05) is 0 Å². The molecule has 1 heterocycles. The Labute approximate surface area is 64.5 Å². The number of nitrogens with one attached hydrogen (secondary N) is 3. The molecular weight excluding hydrogens is 146 g/mol. The third kappa shape index (κ3) is 2.10. The lowest BCUT2D eigenvalue weighted by Crippen LogP contribution is -2.75. The summed E-state index contributed by atoms with van der Waals surface area (Å²) < 4.78 is 0. The van der Waals surface area contributed by atoms with Crippen LogP contribution in [-0.2, 0) is 4.79 Å². The maximum Gasteiger partial charge on any atom is 0.344 e. The molecule has 11 heavy (non-hydrogen) atoms. The number of hydrogen-bond donors (Lipinski definition) is 3. The fourth-order valence-corrected chi connectivity index (χ4v) is 0.815. The number of aliphatic carboxylic acids is 1. The first-order valence-corrected chi connectivity index (χ1v) is 3.52. The average Bonchev–Trinajstić information content (AvgIpc) is 2.39. The van der Waals surface area contributed by atoms with Crippen molar-refractivity contribution in [1.29, 1.82) is 0 Å². The zero-order valence-corrected chi connectivity index (χ0v) is 6.31. The Bertz CT molecular complexity index is 190. The van der Waals surface area contributed by atoms with Crippen LogP contribution in [0.5, 0.6) is 0 Å². The minimum absolute atomic E-state index is 0.664. The van der Waals surface area contributed by atoms with Gasteiger partial charge in [-0.15, -0.1) is 0 Å². The smallest absolute Gasteiger partial charge is 0.344 e. The number of guanidine groups is 1. The van der Waals surface area contributed by atoms with Crippen LogP contribution >= 0.6 is 0 Å². The van der Waals surface area contributed by atoms with Crippen LogP contribution in [0.3, 0.4) is 0 Å². The summed E-state index contributed by atoms with van der Waals surface area (Å²) in [4.78, 5) is 13.2. The fraction of sp³-hybridized carbons (Fsp3) is 0.667. The molecule has 5 heteroatoms. The average molecular weight is 157 g/mol. The highest BCUT2D eigenvalue weighted by atomic mass is 16.4. The molecule has 3 N–H and O–H groups in total. The Hall–Kier alpha value is -1.26. The summed E-state index contributed by atoms with van der Waals surface area (Å²) in [6.45, 7) is 3.17. The van der Waals surface area contributed by atoms with Crippen LogP contribution in [0.15, 0.2) is 0 Å². The number of hydrogen-bond acceptors (Lipinski definition) is 4. The van der Waals surface area contributed by atoms with E-state index < -0.39 is 12.0 Å². The van der Waals surface area contributed by atoms with E-state index in [1.165, 1.54) is 6.92 Å². The van der Waals surface area contributed by atoms with Gasteiger partial charge in [-0.1, -0.05) is 0 Å². The van der Waals surface area contributed by atoms with Crippen LogP contribution in [0, 0.1) is 0 Å². The largest absolute Gasteiger partial charge is 0.546 e. The molecule has 5 nitrogen and oxygen atoms in total. The van der Waals surface area contributed by atoms with Crippen LogP contribution in [0.1, 0.15) is 6.92 Å². The number of carboxylic acids is 1. The van der Waals surface area contributed by atoms with Crippen molar-refractivity contribution in [2.45, 2.75) is 13.0 Å². The summed E-state index contributed by atoms with van der Waals surface area (Å²) in [5.41, 5.74) is 0. The highest BCUT2D eigenvalue weighted by molar-refractivity contribution is 5.81. The molecule has 0 amide bonds. The zero-order valence-electron chi connectivity index (χ0n) is 6.31. The van der Waals surface area contributed by atoms with Gasteiger partial charge in [-0.25, -0.2) is 0 Å². The lowest BCUT2D eigenvalue weighted by molar-refractivity contribution is -0.447. The number of rotatable bonds is 2.